The van der Waals surface area contributed by atoms with E-state index in [1.54, 1.807) is 52.0 Å². The Balaban J connectivity index is 1.99. The zero-order valence-electron chi connectivity index (χ0n) is 23.5. The van der Waals surface area contributed by atoms with Crippen LogP contribution in [-0.2, 0) is 14.3 Å². The van der Waals surface area contributed by atoms with E-state index in [2.05, 4.69) is 10.6 Å². The van der Waals surface area contributed by atoms with Crippen molar-refractivity contribution in [3.05, 3.63) is 72.3 Å². The van der Waals surface area contributed by atoms with Gasteiger partial charge in [0.15, 0.2) is 0 Å². The van der Waals surface area contributed by atoms with Crippen molar-refractivity contribution in [2.45, 2.75) is 65.6 Å². The summed E-state index contributed by atoms with van der Waals surface area (Å²) in [5.41, 5.74) is 0.106. The number of alkyl carbamates (subject to hydrolysis) is 1. The van der Waals surface area contributed by atoms with Crippen molar-refractivity contribution in [3.8, 4) is 5.75 Å². The fourth-order valence-electron chi connectivity index (χ4n) is 4.41. The summed E-state index contributed by atoms with van der Waals surface area (Å²) in [6, 6.07) is 17.7. The molecule has 208 valence electrons. The van der Waals surface area contributed by atoms with E-state index in [1.807, 2.05) is 50.2 Å². The molecule has 39 heavy (non-hydrogen) atoms. The number of anilines is 1. The van der Waals surface area contributed by atoms with E-state index in [-0.39, 0.29) is 23.8 Å². The summed E-state index contributed by atoms with van der Waals surface area (Å²) >= 11 is 0. The minimum atomic E-state index is -1.15. The van der Waals surface area contributed by atoms with Crippen LogP contribution in [0, 0.1) is 5.92 Å². The fourth-order valence-corrected chi connectivity index (χ4v) is 4.41. The summed E-state index contributed by atoms with van der Waals surface area (Å²) < 4.78 is 5.41. The molecule has 3 unspecified atom stereocenters. The van der Waals surface area contributed by atoms with Gasteiger partial charge >= 0.3 is 6.09 Å². The smallest absolute Gasteiger partial charge is 0.408 e. The van der Waals surface area contributed by atoms with E-state index in [0.717, 1.165) is 10.8 Å². The number of phenolic OH excluding ortho intramolecular Hbond substituents is 1. The summed E-state index contributed by atoms with van der Waals surface area (Å²) in [5, 5.41) is 18.4. The number of hydrogen-bond donors (Lipinski definition) is 3. The summed E-state index contributed by atoms with van der Waals surface area (Å²) in [6.45, 7) is 10.9. The molecule has 3 amide bonds. The number of rotatable bonds is 9. The van der Waals surface area contributed by atoms with Crippen molar-refractivity contribution in [3.63, 3.8) is 0 Å². The summed E-state index contributed by atoms with van der Waals surface area (Å²) in [6.07, 6.45) is -0.106. The van der Waals surface area contributed by atoms with Gasteiger partial charge in [0.05, 0.1) is 0 Å². The number of likely N-dealkylation sites (N-methyl/N-ethyl adjacent to an activating group) is 1. The molecule has 0 saturated carbocycles. The van der Waals surface area contributed by atoms with E-state index in [1.165, 1.54) is 11.0 Å². The number of carbonyl (C=O) groups excluding carboxylic acids is 3. The number of para-hydroxylation sites is 1. The van der Waals surface area contributed by atoms with Gasteiger partial charge in [-0.15, -0.1) is 0 Å². The first-order valence-corrected chi connectivity index (χ1v) is 13.3. The van der Waals surface area contributed by atoms with Crippen molar-refractivity contribution in [1.82, 2.24) is 10.2 Å². The molecule has 0 aromatic heterocycles. The van der Waals surface area contributed by atoms with E-state index >= 15 is 0 Å². The lowest BCUT2D eigenvalue weighted by Gasteiger charge is -2.35. The number of hydrogen-bond acceptors (Lipinski definition) is 5. The minimum absolute atomic E-state index is 0.109. The Morgan fingerprint density at radius 3 is 2.21 bits per heavy atom. The largest absolute Gasteiger partial charge is 0.508 e. The molecular formula is C31H39N3O5. The Kier molecular flexibility index (Phi) is 9.56. The molecule has 0 aliphatic rings. The maximum absolute atomic E-state index is 14.0. The number of ether oxygens (including phenoxy) is 1. The van der Waals surface area contributed by atoms with Crippen LogP contribution in [0.3, 0.4) is 0 Å². The van der Waals surface area contributed by atoms with Gasteiger partial charge in [-0.1, -0.05) is 68.8 Å². The Hall–Kier alpha value is -4.07. The lowest BCUT2D eigenvalue weighted by atomic mass is 9.95. The Bertz CT molecular complexity index is 1320. The molecule has 0 heterocycles. The van der Waals surface area contributed by atoms with Gasteiger partial charge < -0.3 is 25.4 Å². The van der Waals surface area contributed by atoms with Gasteiger partial charge in [-0.3, -0.25) is 9.59 Å². The van der Waals surface area contributed by atoms with Crippen molar-refractivity contribution >= 4 is 34.4 Å². The Morgan fingerprint density at radius 1 is 0.949 bits per heavy atom. The first kappa shape index (κ1) is 29.5. The Labute approximate surface area is 230 Å². The number of carbonyl (C=O) groups is 3. The monoisotopic (exact) mass is 533 g/mol. The third-order valence-corrected chi connectivity index (χ3v) is 6.58. The van der Waals surface area contributed by atoms with Crippen molar-refractivity contribution in [2.75, 3.05) is 11.9 Å². The number of nitrogens with one attached hydrogen (secondary N) is 2. The zero-order valence-corrected chi connectivity index (χ0v) is 23.5. The molecule has 3 N–H and O–H groups in total. The molecule has 0 aliphatic heterocycles. The number of nitrogens with zero attached hydrogens (tertiary/aromatic N) is 1. The third-order valence-electron chi connectivity index (χ3n) is 6.58. The van der Waals surface area contributed by atoms with Crippen LogP contribution in [0.2, 0.25) is 0 Å². The third kappa shape index (κ3) is 7.50. The lowest BCUT2D eigenvalue weighted by molar-refractivity contribution is -0.141. The van der Waals surface area contributed by atoms with Crippen molar-refractivity contribution in [1.29, 1.82) is 0 Å². The summed E-state index contributed by atoms with van der Waals surface area (Å²) in [7, 11) is 0. The van der Waals surface area contributed by atoms with Gasteiger partial charge in [-0.25, -0.2) is 4.79 Å². The Morgan fingerprint density at radius 2 is 1.59 bits per heavy atom. The molecule has 3 atom stereocenters. The average molecular weight is 534 g/mol. The topological polar surface area (TPSA) is 108 Å². The highest BCUT2D eigenvalue weighted by Gasteiger charge is 2.38. The van der Waals surface area contributed by atoms with Gasteiger partial charge in [0, 0.05) is 17.8 Å². The van der Waals surface area contributed by atoms with Gasteiger partial charge in [0.2, 0.25) is 5.91 Å². The SMILES string of the molecule is CCC(C)C(NC(=O)OC(C)(C)C)C(=O)N(CC)C(C(=O)Nc1ccc2ccccc2c1)c1ccccc1O. The molecule has 3 rings (SSSR count). The highest BCUT2D eigenvalue weighted by Crippen LogP contribution is 2.31. The zero-order chi connectivity index (χ0) is 28.7. The first-order valence-electron chi connectivity index (χ1n) is 13.3. The van der Waals surface area contributed by atoms with Crippen molar-refractivity contribution in [2.24, 2.45) is 5.92 Å². The van der Waals surface area contributed by atoms with Crippen LogP contribution in [0.25, 0.3) is 10.8 Å². The average Bonchev–Trinajstić information content (AvgIpc) is 2.89. The molecule has 3 aromatic rings. The lowest BCUT2D eigenvalue weighted by Crippen LogP contribution is -2.54. The maximum atomic E-state index is 14.0. The van der Waals surface area contributed by atoms with Crippen LogP contribution in [0.15, 0.2) is 66.7 Å². The fraction of sp³-hybridized carbons (Fsp3) is 0.387. The molecular weight excluding hydrogens is 494 g/mol. The predicted molar refractivity (Wildman–Crippen MR) is 153 cm³/mol. The summed E-state index contributed by atoms with van der Waals surface area (Å²) in [4.78, 5) is 41.9. The van der Waals surface area contributed by atoms with Crippen molar-refractivity contribution < 1.29 is 24.2 Å². The van der Waals surface area contributed by atoms with Gasteiger partial charge in [0.25, 0.3) is 5.91 Å². The number of amides is 3. The number of phenols is 1. The second kappa shape index (κ2) is 12.7. The number of aromatic hydroxyl groups is 1. The molecule has 0 radical (unpaired) electrons. The molecule has 8 nitrogen and oxygen atoms in total. The van der Waals surface area contributed by atoms with E-state index < -0.39 is 35.6 Å². The molecule has 0 fully saturated rings. The number of benzene rings is 3. The van der Waals surface area contributed by atoms with Crippen LogP contribution >= 0.6 is 0 Å². The van der Waals surface area contributed by atoms with Gasteiger partial charge in [0.1, 0.15) is 23.4 Å². The minimum Gasteiger partial charge on any atom is -0.508 e. The van der Waals surface area contributed by atoms with Crippen LogP contribution in [0.1, 0.15) is 59.6 Å². The van der Waals surface area contributed by atoms with Crippen LogP contribution < -0.4 is 10.6 Å². The predicted octanol–water partition coefficient (Wildman–Crippen LogP) is 6.01. The number of fused-ring (bicyclic) bond motifs is 1. The second-order valence-corrected chi connectivity index (χ2v) is 10.6. The van der Waals surface area contributed by atoms with E-state index in [0.29, 0.717) is 12.1 Å². The van der Waals surface area contributed by atoms with Crippen LogP contribution in [-0.4, -0.2) is 46.1 Å². The highest BCUT2D eigenvalue weighted by atomic mass is 16.6. The highest BCUT2D eigenvalue weighted by molar-refractivity contribution is 6.00. The van der Waals surface area contributed by atoms with E-state index in [4.69, 9.17) is 4.74 Å². The molecule has 0 bridgehead atoms. The molecule has 0 aliphatic carbocycles. The molecule has 8 heteroatoms. The normalized spacial score (nSPS) is 13.7. The molecule has 0 spiro atoms. The van der Waals surface area contributed by atoms with E-state index in [9.17, 15) is 19.5 Å². The summed E-state index contributed by atoms with van der Waals surface area (Å²) in [5.74, 6) is -1.28. The first-order chi connectivity index (χ1) is 18.4. The van der Waals surface area contributed by atoms with Crippen LogP contribution in [0.4, 0.5) is 10.5 Å². The second-order valence-electron chi connectivity index (χ2n) is 10.6. The van der Waals surface area contributed by atoms with Crippen LogP contribution in [0.5, 0.6) is 5.75 Å². The maximum Gasteiger partial charge on any atom is 0.408 e. The molecule has 0 saturated heterocycles. The van der Waals surface area contributed by atoms with Gasteiger partial charge in [-0.05, 0) is 62.6 Å². The molecule has 3 aromatic carbocycles. The van der Waals surface area contributed by atoms with Gasteiger partial charge in [-0.2, -0.15) is 0 Å². The standard InChI is InChI=1S/C31H39N3O5/c1-7-20(3)26(33-30(38)39-31(4,5)6)29(37)34(8-2)27(24-15-11-12-16-25(24)35)28(36)32-23-18-17-21-13-9-10-14-22(21)19-23/h9-20,26-27,35H,7-8H2,1-6H3,(H,32,36)(H,33,38). The quantitative estimate of drug-likeness (QED) is 0.312.